The number of para-hydroxylation sites is 1. The van der Waals surface area contributed by atoms with Gasteiger partial charge in [-0.15, -0.1) is 10.2 Å². The molecule has 156 valence electrons. The monoisotopic (exact) mass is 439 g/mol. The van der Waals surface area contributed by atoms with Gasteiger partial charge in [0.05, 0.1) is 17.8 Å². The third-order valence-corrected chi connectivity index (χ3v) is 4.57. The maximum Gasteiger partial charge on any atom is 0.418 e. The van der Waals surface area contributed by atoms with E-state index in [1.807, 2.05) is 0 Å². The van der Waals surface area contributed by atoms with Gasteiger partial charge in [0, 0.05) is 5.69 Å². The summed E-state index contributed by atoms with van der Waals surface area (Å²) in [4.78, 5) is 24.1. The highest BCUT2D eigenvalue weighted by Gasteiger charge is 2.33. The molecule has 0 unspecified atom stereocenters. The van der Waals surface area contributed by atoms with Crippen LogP contribution in [0.5, 0.6) is 0 Å². The fourth-order valence-electron chi connectivity index (χ4n) is 2.30. The molecule has 0 saturated carbocycles. The summed E-state index contributed by atoms with van der Waals surface area (Å²) in [5, 5.41) is 14.7. The van der Waals surface area contributed by atoms with Gasteiger partial charge in [-0.25, -0.2) is 9.18 Å². The van der Waals surface area contributed by atoms with E-state index >= 15 is 0 Å². The van der Waals surface area contributed by atoms with Crippen LogP contribution in [-0.2, 0) is 12.7 Å². The van der Waals surface area contributed by atoms with Gasteiger partial charge in [0.25, 0.3) is 5.91 Å². The number of anilines is 2. The van der Waals surface area contributed by atoms with Crippen LogP contribution in [0.3, 0.4) is 0 Å². The summed E-state index contributed by atoms with van der Waals surface area (Å²) in [7, 11) is 0. The second kappa shape index (κ2) is 8.86. The van der Waals surface area contributed by atoms with E-state index in [1.165, 1.54) is 36.4 Å². The molecule has 1 heterocycles. The van der Waals surface area contributed by atoms with Crippen molar-refractivity contribution >= 4 is 34.6 Å². The van der Waals surface area contributed by atoms with E-state index in [2.05, 4.69) is 26.1 Å². The first-order valence-electron chi connectivity index (χ1n) is 8.33. The van der Waals surface area contributed by atoms with E-state index in [9.17, 15) is 27.2 Å². The molecule has 3 aromatic rings. The first-order chi connectivity index (χ1) is 14.2. The Hall–Kier alpha value is -3.54. The maximum absolute atomic E-state index is 13.0. The van der Waals surface area contributed by atoms with Crippen LogP contribution >= 0.6 is 11.3 Å². The number of amides is 3. The lowest BCUT2D eigenvalue weighted by Gasteiger charge is -2.13. The van der Waals surface area contributed by atoms with Gasteiger partial charge in [-0.1, -0.05) is 23.5 Å². The molecule has 0 spiro atoms. The van der Waals surface area contributed by atoms with Gasteiger partial charge in [0.2, 0.25) is 5.01 Å². The molecule has 2 aromatic carbocycles. The number of halogens is 4. The van der Waals surface area contributed by atoms with Crippen LogP contribution in [0, 0.1) is 5.82 Å². The van der Waals surface area contributed by atoms with E-state index in [0.717, 1.165) is 23.5 Å². The molecule has 12 heteroatoms. The third-order valence-electron chi connectivity index (χ3n) is 3.64. The van der Waals surface area contributed by atoms with Crippen molar-refractivity contribution in [1.82, 2.24) is 15.5 Å². The second-order valence-electron chi connectivity index (χ2n) is 5.81. The van der Waals surface area contributed by atoms with Gasteiger partial charge in [0.1, 0.15) is 10.8 Å². The van der Waals surface area contributed by atoms with E-state index < -0.39 is 29.5 Å². The van der Waals surface area contributed by atoms with Crippen molar-refractivity contribution in [2.45, 2.75) is 12.7 Å². The molecule has 30 heavy (non-hydrogen) atoms. The Morgan fingerprint density at radius 2 is 1.67 bits per heavy atom. The molecule has 7 nitrogen and oxygen atoms in total. The third kappa shape index (κ3) is 5.50. The van der Waals surface area contributed by atoms with Crippen molar-refractivity contribution in [2.75, 3.05) is 10.6 Å². The summed E-state index contributed by atoms with van der Waals surface area (Å²) in [5.41, 5.74) is -1.01. The highest BCUT2D eigenvalue weighted by molar-refractivity contribution is 7.13. The zero-order valence-corrected chi connectivity index (χ0v) is 15.8. The maximum atomic E-state index is 13.0. The molecule has 0 fully saturated rings. The fraction of sp³-hybridized carbons (Fsp3) is 0.111. The molecular formula is C18H13F4N5O2S. The zero-order valence-electron chi connectivity index (χ0n) is 15.0. The van der Waals surface area contributed by atoms with Crippen LogP contribution < -0.4 is 16.0 Å². The fourth-order valence-corrected chi connectivity index (χ4v) is 2.97. The van der Waals surface area contributed by atoms with Gasteiger partial charge in [-0.2, -0.15) is 13.2 Å². The van der Waals surface area contributed by atoms with Crippen molar-refractivity contribution in [3.05, 3.63) is 69.9 Å². The molecule has 3 rings (SSSR count). The van der Waals surface area contributed by atoms with Crippen molar-refractivity contribution in [1.29, 1.82) is 0 Å². The normalized spacial score (nSPS) is 11.1. The number of nitrogens with one attached hydrogen (secondary N) is 3. The predicted octanol–water partition coefficient (Wildman–Crippen LogP) is 4.27. The number of rotatable bonds is 5. The largest absolute Gasteiger partial charge is 0.418 e. The number of benzene rings is 2. The molecule has 3 amide bonds. The van der Waals surface area contributed by atoms with Crippen LogP contribution in [0.2, 0.25) is 0 Å². The molecule has 3 N–H and O–H groups in total. The first-order valence-corrected chi connectivity index (χ1v) is 9.14. The Labute approximate surface area is 171 Å². The lowest BCUT2D eigenvalue weighted by Crippen LogP contribution is -2.29. The van der Waals surface area contributed by atoms with Gasteiger partial charge in [0.15, 0.2) is 0 Å². The molecule has 0 aliphatic rings. The van der Waals surface area contributed by atoms with Crippen molar-refractivity contribution in [3.63, 3.8) is 0 Å². The number of hydrogen-bond acceptors (Lipinski definition) is 5. The molecule has 0 bridgehead atoms. The highest BCUT2D eigenvalue weighted by atomic mass is 32.1. The minimum Gasteiger partial charge on any atom is -0.331 e. The Morgan fingerprint density at radius 1 is 0.967 bits per heavy atom. The summed E-state index contributed by atoms with van der Waals surface area (Å²) >= 11 is 0.888. The van der Waals surface area contributed by atoms with E-state index in [1.54, 1.807) is 0 Å². The average Bonchev–Trinajstić information content (AvgIpc) is 3.17. The summed E-state index contributed by atoms with van der Waals surface area (Å²) in [5.74, 6) is -1.03. The molecule has 0 radical (unpaired) electrons. The van der Waals surface area contributed by atoms with Crippen LogP contribution in [0.1, 0.15) is 20.4 Å². The quantitative estimate of drug-likeness (QED) is 0.518. The van der Waals surface area contributed by atoms with E-state index in [4.69, 9.17) is 0 Å². The molecule has 0 aliphatic carbocycles. The second-order valence-corrected chi connectivity index (χ2v) is 6.88. The number of carbonyl (C=O) groups is 2. The Balaban J connectivity index is 1.56. The van der Waals surface area contributed by atoms with Gasteiger partial charge in [-0.05, 0) is 36.4 Å². The van der Waals surface area contributed by atoms with Crippen molar-refractivity contribution in [2.24, 2.45) is 0 Å². The predicted molar refractivity (Wildman–Crippen MR) is 102 cm³/mol. The summed E-state index contributed by atoms with van der Waals surface area (Å²) < 4.78 is 51.8. The standard InChI is InChI=1S/C18H13F4N5O2S/c19-10-5-7-11(8-6-10)24-15(28)16-27-26-14(30-16)9-23-17(29)25-13-4-2-1-3-12(13)18(20,21)22/h1-8H,9H2,(H,24,28)(H2,23,25,29). The van der Waals surface area contributed by atoms with Crippen molar-refractivity contribution in [3.8, 4) is 0 Å². The molecule has 1 aromatic heterocycles. The van der Waals surface area contributed by atoms with Gasteiger partial charge < -0.3 is 16.0 Å². The summed E-state index contributed by atoms with van der Waals surface area (Å²) in [6.45, 7) is -0.151. The minimum atomic E-state index is -4.62. The van der Waals surface area contributed by atoms with Crippen LogP contribution in [0.25, 0.3) is 0 Å². The topological polar surface area (TPSA) is 96.0 Å². The van der Waals surface area contributed by atoms with Crippen LogP contribution in [0.4, 0.5) is 33.7 Å². The average molecular weight is 439 g/mol. The Kier molecular flexibility index (Phi) is 6.26. The SMILES string of the molecule is O=C(NCc1nnc(C(=O)Nc2ccc(F)cc2)s1)Nc1ccccc1C(F)(F)F. The smallest absolute Gasteiger partial charge is 0.331 e. The number of aromatic nitrogens is 2. The molecule has 0 aliphatic heterocycles. The summed E-state index contributed by atoms with van der Waals surface area (Å²) in [6.07, 6.45) is -4.62. The lowest BCUT2D eigenvalue weighted by molar-refractivity contribution is -0.136. The van der Waals surface area contributed by atoms with E-state index in [-0.39, 0.29) is 22.2 Å². The number of nitrogens with zero attached hydrogens (tertiary/aromatic N) is 2. The van der Waals surface area contributed by atoms with Crippen molar-refractivity contribution < 1.29 is 27.2 Å². The first kappa shape index (κ1) is 21.2. The Bertz CT molecular complexity index is 1050. The highest BCUT2D eigenvalue weighted by Crippen LogP contribution is 2.34. The van der Waals surface area contributed by atoms with E-state index in [0.29, 0.717) is 5.69 Å². The van der Waals surface area contributed by atoms with Crippen LogP contribution in [0.15, 0.2) is 48.5 Å². The summed E-state index contributed by atoms with van der Waals surface area (Å²) in [6, 6.07) is 8.80. The van der Waals surface area contributed by atoms with Gasteiger partial charge in [-0.3, -0.25) is 4.79 Å². The molecule has 0 atom stereocenters. The molecule has 0 saturated heterocycles. The van der Waals surface area contributed by atoms with Gasteiger partial charge >= 0.3 is 12.2 Å². The zero-order chi connectivity index (χ0) is 21.7. The number of urea groups is 1. The minimum absolute atomic E-state index is 0.000972. The lowest BCUT2D eigenvalue weighted by atomic mass is 10.1. The number of alkyl halides is 3. The number of carbonyl (C=O) groups excluding carboxylic acids is 2. The van der Waals surface area contributed by atoms with Crippen LogP contribution in [-0.4, -0.2) is 22.1 Å². The number of hydrogen-bond donors (Lipinski definition) is 3. The molecular weight excluding hydrogens is 426 g/mol. The Morgan fingerprint density at radius 3 is 2.37 bits per heavy atom.